The van der Waals surface area contributed by atoms with Gasteiger partial charge in [-0.2, -0.15) is 0 Å². The third kappa shape index (κ3) is 73.3. The molecule has 2 atom stereocenters. The van der Waals surface area contributed by atoms with Crippen molar-refractivity contribution in [3.8, 4) is 0 Å². The van der Waals surface area contributed by atoms with Crippen LogP contribution in [0, 0.1) is 0 Å². The van der Waals surface area contributed by atoms with Crippen LogP contribution in [0.4, 0.5) is 0 Å². The number of carbonyl (C=O) groups excluding carboxylic acids is 2. The third-order valence-corrected chi connectivity index (χ3v) is 19.0. The maximum Gasteiger partial charge on any atom is 0.305 e. The van der Waals surface area contributed by atoms with Gasteiger partial charge >= 0.3 is 5.97 Å². The smallest absolute Gasteiger partial charge is 0.305 e. The maximum atomic E-state index is 12.5. The van der Waals surface area contributed by atoms with Gasteiger partial charge in [0.2, 0.25) is 5.91 Å². The Morgan fingerprint density at radius 2 is 0.540 bits per heavy atom. The first kappa shape index (κ1) is 85.3. The Labute approximate surface area is 545 Å². The van der Waals surface area contributed by atoms with Gasteiger partial charge in [0.1, 0.15) is 0 Å². The predicted octanol–water partition coefficient (Wildman–Crippen LogP) is 26.4. The molecule has 0 bridgehead atoms. The molecule has 0 aromatic rings. The van der Waals surface area contributed by atoms with Gasteiger partial charge in [-0.15, -0.1) is 0 Å². The van der Waals surface area contributed by atoms with Gasteiger partial charge < -0.3 is 20.3 Å². The normalized spacial score (nSPS) is 12.6. The standard InChI is InChI=1S/C81H157NO5/c1-3-5-7-9-11-13-15-17-19-21-23-38-41-45-49-53-57-61-65-69-73-79(84)78(77-83)82-80(85)74-70-66-62-58-54-50-46-42-39-35-33-31-29-27-25-24-26-28-30-32-34-36-40-44-48-52-56-60-64-68-72-76-87-81(86)75-71-67-63-59-55-51-47-43-37-22-20-18-16-14-12-10-8-6-4-2/h26,28,69,73,78-79,83-84H,3-25,27,29-68,70-72,74-77H2,1-2H3,(H,82,85)/b28-26-,73-69+. The summed E-state index contributed by atoms with van der Waals surface area (Å²) < 4.78 is 5.52. The monoisotopic (exact) mass is 1220 g/mol. The van der Waals surface area contributed by atoms with Gasteiger partial charge in [-0.3, -0.25) is 9.59 Å². The second-order valence-electron chi connectivity index (χ2n) is 27.8. The van der Waals surface area contributed by atoms with Gasteiger partial charge in [-0.25, -0.2) is 0 Å². The second kappa shape index (κ2) is 76.8. The minimum absolute atomic E-state index is 0.0233. The molecule has 0 aromatic heterocycles. The predicted molar refractivity (Wildman–Crippen MR) is 384 cm³/mol. The summed E-state index contributed by atoms with van der Waals surface area (Å²) in [7, 11) is 0. The van der Waals surface area contributed by atoms with E-state index in [0.29, 0.717) is 19.4 Å². The van der Waals surface area contributed by atoms with Crippen molar-refractivity contribution in [3.63, 3.8) is 0 Å². The number of aliphatic hydroxyl groups excluding tert-OH is 2. The van der Waals surface area contributed by atoms with Crippen LogP contribution in [0.1, 0.15) is 457 Å². The number of rotatable bonds is 76. The molecular formula is C81H157NO5. The number of hydrogen-bond acceptors (Lipinski definition) is 5. The first-order chi connectivity index (χ1) is 43.0. The number of unbranched alkanes of at least 4 members (excludes halogenated alkanes) is 63. The van der Waals surface area contributed by atoms with E-state index in [-0.39, 0.29) is 18.5 Å². The first-order valence-corrected chi connectivity index (χ1v) is 40.1. The molecule has 0 heterocycles. The van der Waals surface area contributed by atoms with E-state index in [1.54, 1.807) is 6.08 Å². The summed E-state index contributed by atoms with van der Waals surface area (Å²) >= 11 is 0. The van der Waals surface area contributed by atoms with E-state index in [4.69, 9.17) is 4.74 Å². The second-order valence-corrected chi connectivity index (χ2v) is 27.8. The molecule has 0 aliphatic heterocycles. The van der Waals surface area contributed by atoms with Gasteiger partial charge in [0.15, 0.2) is 0 Å². The Balaban J connectivity index is 3.36. The Bertz CT molecular complexity index is 1360. The van der Waals surface area contributed by atoms with Crippen molar-refractivity contribution in [1.82, 2.24) is 5.32 Å². The Hall–Kier alpha value is -1.66. The lowest BCUT2D eigenvalue weighted by atomic mass is 10.0. The summed E-state index contributed by atoms with van der Waals surface area (Å²) in [6.07, 6.45) is 98.7. The van der Waals surface area contributed by atoms with Crippen molar-refractivity contribution in [3.05, 3.63) is 24.3 Å². The zero-order chi connectivity index (χ0) is 62.8. The zero-order valence-electron chi connectivity index (χ0n) is 59.3. The molecule has 87 heavy (non-hydrogen) atoms. The molecule has 1 amide bonds. The molecule has 3 N–H and O–H groups in total. The van der Waals surface area contributed by atoms with Crippen molar-refractivity contribution in [2.45, 2.75) is 469 Å². The highest BCUT2D eigenvalue weighted by Gasteiger charge is 2.18. The van der Waals surface area contributed by atoms with Crippen molar-refractivity contribution in [2.24, 2.45) is 0 Å². The summed E-state index contributed by atoms with van der Waals surface area (Å²) in [5, 5.41) is 23.3. The molecule has 2 unspecified atom stereocenters. The summed E-state index contributed by atoms with van der Waals surface area (Å²) in [6.45, 7) is 4.96. The van der Waals surface area contributed by atoms with Crippen LogP contribution >= 0.6 is 0 Å². The van der Waals surface area contributed by atoms with E-state index in [9.17, 15) is 19.8 Å². The average molecular weight is 1230 g/mol. The highest BCUT2D eigenvalue weighted by molar-refractivity contribution is 5.76. The summed E-state index contributed by atoms with van der Waals surface area (Å²) in [6, 6.07) is -0.627. The van der Waals surface area contributed by atoms with Crippen molar-refractivity contribution < 1.29 is 24.5 Å². The molecule has 0 radical (unpaired) electrons. The minimum Gasteiger partial charge on any atom is -0.466 e. The number of carbonyl (C=O) groups is 2. The maximum absolute atomic E-state index is 12.5. The molecule has 0 saturated heterocycles. The number of esters is 1. The lowest BCUT2D eigenvalue weighted by molar-refractivity contribution is -0.143. The van der Waals surface area contributed by atoms with E-state index in [0.717, 1.165) is 38.5 Å². The molecule has 0 spiro atoms. The van der Waals surface area contributed by atoms with Gasteiger partial charge in [-0.05, 0) is 57.8 Å². The molecule has 0 aliphatic rings. The summed E-state index contributed by atoms with van der Waals surface area (Å²) in [5.74, 6) is -0.0380. The molecule has 0 aromatic carbocycles. The minimum atomic E-state index is -0.844. The highest BCUT2D eigenvalue weighted by atomic mass is 16.5. The van der Waals surface area contributed by atoms with Crippen molar-refractivity contribution in [1.29, 1.82) is 0 Å². The summed E-state index contributed by atoms with van der Waals surface area (Å²) in [5.41, 5.74) is 0. The van der Waals surface area contributed by atoms with E-state index in [2.05, 4.69) is 31.3 Å². The summed E-state index contributed by atoms with van der Waals surface area (Å²) in [4.78, 5) is 24.7. The highest BCUT2D eigenvalue weighted by Crippen LogP contribution is 2.20. The average Bonchev–Trinajstić information content (AvgIpc) is 3.53. The molecule has 516 valence electrons. The lowest BCUT2D eigenvalue weighted by Crippen LogP contribution is -2.45. The van der Waals surface area contributed by atoms with Crippen LogP contribution in [-0.4, -0.2) is 47.4 Å². The van der Waals surface area contributed by atoms with Crippen molar-refractivity contribution in [2.75, 3.05) is 13.2 Å². The van der Waals surface area contributed by atoms with Crippen molar-refractivity contribution >= 4 is 11.9 Å². The molecule has 0 saturated carbocycles. The van der Waals surface area contributed by atoms with E-state index < -0.39 is 12.1 Å². The van der Waals surface area contributed by atoms with Crippen LogP contribution in [0.15, 0.2) is 24.3 Å². The molecule has 0 rings (SSSR count). The first-order valence-electron chi connectivity index (χ1n) is 40.1. The number of nitrogens with one attached hydrogen (secondary N) is 1. The fourth-order valence-corrected chi connectivity index (χ4v) is 12.9. The van der Waals surface area contributed by atoms with Crippen LogP contribution in [0.25, 0.3) is 0 Å². The quantitative estimate of drug-likeness (QED) is 0.0320. The van der Waals surface area contributed by atoms with E-state index in [1.165, 1.54) is 392 Å². The number of aliphatic hydroxyl groups is 2. The Kier molecular flexibility index (Phi) is 75.3. The fourth-order valence-electron chi connectivity index (χ4n) is 12.9. The number of hydrogen-bond donors (Lipinski definition) is 3. The number of ether oxygens (including phenoxy) is 1. The van der Waals surface area contributed by atoms with Crippen LogP contribution in [0.2, 0.25) is 0 Å². The third-order valence-electron chi connectivity index (χ3n) is 19.0. The Morgan fingerprint density at radius 1 is 0.310 bits per heavy atom. The molecule has 0 fully saturated rings. The van der Waals surface area contributed by atoms with Crippen LogP contribution in [-0.2, 0) is 14.3 Å². The zero-order valence-corrected chi connectivity index (χ0v) is 59.3. The van der Waals surface area contributed by atoms with Gasteiger partial charge in [-0.1, -0.05) is 411 Å². The number of amides is 1. The van der Waals surface area contributed by atoms with E-state index in [1.807, 2.05) is 6.08 Å². The van der Waals surface area contributed by atoms with Gasteiger partial charge in [0.25, 0.3) is 0 Å². The lowest BCUT2D eigenvalue weighted by Gasteiger charge is -2.20. The molecule has 0 aliphatic carbocycles. The van der Waals surface area contributed by atoms with Gasteiger partial charge in [0, 0.05) is 12.8 Å². The van der Waals surface area contributed by atoms with Crippen LogP contribution < -0.4 is 5.32 Å². The number of allylic oxidation sites excluding steroid dienone is 3. The largest absolute Gasteiger partial charge is 0.466 e. The molecular weight excluding hydrogens is 1070 g/mol. The molecule has 6 nitrogen and oxygen atoms in total. The molecule has 6 heteroatoms. The van der Waals surface area contributed by atoms with E-state index >= 15 is 0 Å². The van der Waals surface area contributed by atoms with Crippen LogP contribution in [0.3, 0.4) is 0 Å². The Morgan fingerprint density at radius 3 is 0.816 bits per heavy atom. The fraction of sp³-hybridized carbons (Fsp3) is 0.926. The topological polar surface area (TPSA) is 95.9 Å². The van der Waals surface area contributed by atoms with Gasteiger partial charge in [0.05, 0.1) is 25.4 Å². The van der Waals surface area contributed by atoms with Crippen LogP contribution in [0.5, 0.6) is 0 Å². The SMILES string of the molecule is CCCCCCCCCCCCCCCCCCCC/C=C/C(O)C(CO)NC(=O)CCCCCCCCCCCCCCCCC/C=C\CCCCCCCCCCCCCCOC(=O)CCCCCCCCCCCCCCCCCCCCC.